The molecule has 6 nitrogen and oxygen atoms in total. The lowest BCUT2D eigenvalue weighted by molar-refractivity contribution is -0.125. The summed E-state index contributed by atoms with van der Waals surface area (Å²) in [6, 6.07) is 5.51. The third-order valence-electron chi connectivity index (χ3n) is 2.08. The Morgan fingerprint density at radius 3 is 2.71 bits per heavy atom. The van der Waals surface area contributed by atoms with Crippen LogP contribution in [0.15, 0.2) is 24.3 Å². The van der Waals surface area contributed by atoms with E-state index in [4.69, 9.17) is 5.73 Å². The summed E-state index contributed by atoms with van der Waals surface area (Å²) < 4.78 is 0. The van der Waals surface area contributed by atoms with Crippen LogP contribution in [0.4, 0.5) is 10.5 Å². The standard InChI is InChI=1S/C11H15N3O3/c1-8(15)14(6-5-12)11(17)13-9-3-2-4-10(16)7-9/h2-4,7,16H,5-6,12H2,1H3,(H,13,17). The first-order valence-electron chi connectivity index (χ1n) is 5.12. The second-order valence-electron chi connectivity index (χ2n) is 3.44. The molecule has 0 aliphatic heterocycles. The lowest BCUT2D eigenvalue weighted by Gasteiger charge is -2.18. The molecule has 6 heteroatoms. The van der Waals surface area contributed by atoms with Crippen LogP contribution in [0.1, 0.15) is 6.92 Å². The Morgan fingerprint density at radius 1 is 1.47 bits per heavy atom. The highest BCUT2D eigenvalue weighted by atomic mass is 16.3. The fraction of sp³-hybridized carbons (Fsp3) is 0.273. The molecule has 0 radical (unpaired) electrons. The van der Waals surface area contributed by atoms with Gasteiger partial charge in [-0.3, -0.25) is 9.69 Å². The molecule has 0 atom stereocenters. The molecule has 0 aliphatic carbocycles. The molecule has 1 aromatic rings. The molecule has 17 heavy (non-hydrogen) atoms. The number of imide groups is 1. The van der Waals surface area contributed by atoms with E-state index in [0.29, 0.717) is 5.69 Å². The predicted molar refractivity (Wildman–Crippen MR) is 63.6 cm³/mol. The van der Waals surface area contributed by atoms with E-state index < -0.39 is 6.03 Å². The monoisotopic (exact) mass is 237 g/mol. The molecule has 3 amide bonds. The minimum absolute atomic E-state index is 0.0380. The van der Waals surface area contributed by atoms with E-state index in [1.54, 1.807) is 12.1 Å². The zero-order valence-corrected chi connectivity index (χ0v) is 9.51. The largest absolute Gasteiger partial charge is 0.508 e. The zero-order chi connectivity index (χ0) is 12.8. The Labute approximate surface area is 99.0 Å². The van der Waals surface area contributed by atoms with Gasteiger partial charge in [0.2, 0.25) is 5.91 Å². The normalized spacial score (nSPS) is 9.76. The summed E-state index contributed by atoms with van der Waals surface area (Å²) in [5.41, 5.74) is 5.72. The van der Waals surface area contributed by atoms with Crippen molar-refractivity contribution in [1.29, 1.82) is 0 Å². The van der Waals surface area contributed by atoms with Gasteiger partial charge in [-0.1, -0.05) is 6.07 Å². The van der Waals surface area contributed by atoms with Gasteiger partial charge in [0.25, 0.3) is 0 Å². The van der Waals surface area contributed by atoms with Gasteiger partial charge in [-0.15, -0.1) is 0 Å². The van der Waals surface area contributed by atoms with Crippen molar-refractivity contribution in [2.75, 3.05) is 18.4 Å². The summed E-state index contributed by atoms with van der Waals surface area (Å²) in [7, 11) is 0. The molecule has 1 aromatic carbocycles. The fourth-order valence-electron chi connectivity index (χ4n) is 1.31. The number of urea groups is 1. The van der Waals surface area contributed by atoms with Gasteiger partial charge in [0.15, 0.2) is 0 Å². The van der Waals surface area contributed by atoms with Crippen LogP contribution in [0.3, 0.4) is 0 Å². The second kappa shape index (κ2) is 5.86. The topological polar surface area (TPSA) is 95.7 Å². The van der Waals surface area contributed by atoms with Crippen molar-refractivity contribution in [3.8, 4) is 5.75 Å². The van der Waals surface area contributed by atoms with Crippen molar-refractivity contribution in [3.05, 3.63) is 24.3 Å². The second-order valence-corrected chi connectivity index (χ2v) is 3.44. The highest BCUT2D eigenvalue weighted by Gasteiger charge is 2.16. The molecule has 0 saturated heterocycles. The predicted octanol–water partition coefficient (Wildman–Crippen LogP) is 0.731. The van der Waals surface area contributed by atoms with Gasteiger partial charge in [-0.25, -0.2) is 4.79 Å². The first-order chi connectivity index (χ1) is 8.04. The van der Waals surface area contributed by atoms with E-state index in [2.05, 4.69) is 5.32 Å². The lowest BCUT2D eigenvalue weighted by atomic mass is 10.3. The van der Waals surface area contributed by atoms with E-state index in [0.717, 1.165) is 4.90 Å². The number of nitrogens with zero attached hydrogens (tertiary/aromatic N) is 1. The number of amides is 3. The molecule has 0 bridgehead atoms. The highest BCUT2D eigenvalue weighted by molar-refractivity contribution is 6.00. The Bertz CT molecular complexity index is 420. The maximum absolute atomic E-state index is 11.7. The number of rotatable bonds is 3. The fourth-order valence-corrected chi connectivity index (χ4v) is 1.31. The van der Waals surface area contributed by atoms with E-state index >= 15 is 0 Å². The molecule has 0 aliphatic rings. The summed E-state index contributed by atoms with van der Waals surface area (Å²) >= 11 is 0. The third kappa shape index (κ3) is 3.76. The molecule has 0 spiro atoms. The van der Waals surface area contributed by atoms with Crippen molar-refractivity contribution in [1.82, 2.24) is 4.90 Å². The number of hydrogen-bond acceptors (Lipinski definition) is 4. The third-order valence-corrected chi connectivity index (χ3v) is 2.08. The summed E-state index contributed by atoms with van der Waals surface area (Å²) in [5.74, 6) is -0.343. The number of phenols is 1. The number of anilines is 1. The van der Waals surface area contributed by atoms with Crippen LogP contribution in [-0.2, 0) is 4.79 Å². The average molecular weight is 237 g/mol. The summed E-state index contributed by atoms with van der Waals surface area (Å²) in [6.45, 7) is 1.64. The SMILES string of the molecule is CC(=O)N(CCN)C(=O)Nc1cccc(O)c1. The molecule has 92 valence electrons. The number of aromatic hydroxyl groups is 1. The van der Waals surface area contributed by atoms with Crippen LogP contribution in [0.25, 0.3) is 0 Å². The van der Waals surface area contributed by atoms with Crippen LogP contribution in [0.2, 0.25) is 0 Å². The number of nitrogens with two attached hydrogens (primary N) is 1. The number of phenolic OH excluding ortho intramolecular Hbond substituents is 1. The molecule has 1 rings (SSSR count). The van der Waals surface area contributed by atoms with Gasteiger partial charge >= 0.3 is 6.03 Å². The number of carbonyl (C=O) groups is 2. The van der Waals surface area contributed by atoms with Crippen molar-refractivity contribution >= 4 is 17.6 Å². The Morgan fingerprint density at radius 2 is 2.18 bits per heavy atom. The summed E-state index contributed by atoms with van der Waals surface area (Å²) in [6.07, 6.45) is 0. The summed E-state index contributed by atoms with van der Waals surface area (Å²) in [5, 5.41) is 11.7. The maximum atomic E-state index is 11.7. The maximum Gasteiger partial charge on any atom is 0.328 e. The quantitative estimate of drug-likeness (QED) is 0.722. The zero-order valence-electron chi connectivity index (χ0n) is 9.51. The number of hydrogen-bond donors (Lipinski definition) is 3. The Balaban J connectivity index is 2.73. The van der Waals surface area contributed by atoms with Crippen LogP contribution in [0, 0.1) is 0 Å². The number of carbonyl (C=O) groups excluding carboxylic acids is 2. The minimum atomic E-state index is -0.562. The van der Waals surface area contributed by atoms with Crippen molar-refractivity contribution in [3.63, 3.8) is 0 Å². The van der Waals surface area contributed by atoms with E-state index in [1.165, 1.54) is 19.1 Å². The molecule has 0 unspecified atom stereocenters. The molecule has 4 N–H and O–H groups in total. The van der Waals surface area contributed by atoms with Gasteiger partial charge in [0.05, 0.1) is 0 Å². The number of benzene rings is 1. The molecule has 0 aromatic heterocycles. The summed E-state index contributed by atoms with van der Waals surface area (Å²) in [4.78, 5) is 23.9. The van der Waals surface area contributed by atoms with Crippen LogP contribution < -0.4 is 11.1 Å². The Kier molecular flexibility index (Phi) is 4.47. The highest BCUT2D eigenvalue weighted by Crippen LogP contribution is 2.15. The lowest BCUT2D eigenvalue weighted by Crippen LogP contribution is -2.41. The van der Waals surface area contributed by atoms with E-state index in [9.17, 15) is 14.7 Å². The number of nitrogens with one attached hydrogen (secondary N) is 1. The van der Waals surface area contributed by atoms with Crippen molar-refractivity contribution in [2.24, 2.45) is 5.73 Å². The molecular formula is C11H15N3O3. The van der Waals surface area contributed by atoms with Crippen LogP contribution in [0.5, 0.6) is 5.75 Å². The van der Waals surface area contributed by atoms with Gasteiger partial charge in [0.1, 0.15) is 5.75 Å². The molecule has 0 heterocycles. The van der Waals surface area contributed by atoms with Crippen molar-refractivity contribution < 1.29 is 14.7 Å². The Hall–Kier alpha value is -2.08. The van der Waals surface area contributed by atoms with Crippen molar-refractivity contribution in [2.45, 2.75) is 6.92 Å². The van der Waals surface area contributed by atoms with Crippen LogP contribution >= 0.6 is 0 Å². The van der Waals surface area contributed by atoms with Gasteiger partial charge in [0, 0.05) is 31.8 Å². The average Bonchev–Trinajstić information content (AvgIpc) is 2.25. The molecular weight excluding hydrogens is 222 g/mol. The molecule has 0 fully saturated rings. The first-order valence-corrected chi connectivity index (χ1v) is 5.12. The minimum Gasteiger partial charge on any atom is -0.508 e. The van der Waals surface area contributed by atoms with E-state index in [-0.39, 0.29) is 24.7 Å². The van der Waals surface area contributed by atoms with Gasteiger partial charge in [-0.2, -0.15) is 0 Å². The van der Waals surface area contributed by atoms with E-state index in [1.807, 2.05) is 0 Å². The first kappa shape index (κ1) is 13.0. The van der Waals surface area contributed by atoms with Gasteiger partial charge < -0.3 is 16.2 Å². The van der Waals surface area contributed by atoms with Gasteiger partial charge in [-0.05, 0) is 12.1 Å². The smallest absolute Gasteiger partial charge is 0.328 e. The molecule has 0 saturated carbocycles. The van der Waals surface area contributed by atoms with Crippen LogP contribution in [-0.4, -0.2) is 35.0 Å².